The molecule has 0 aliphatic heterocycles. The molecule has 0 saturated carbocycles. The minimum absolute atomic E-state index is 0.108. The van der Waals surface area contributed by atoms with Gasteiger partial charge in [0.05, 0.1) is 17.7 Å². The van der Waals surface area contributed by atoms with E-state index >= 15 is 0 Å². The van der Waals surface area contributed by atoms with Crippen molar-refractivity contribution in [2.75, 3.05) is 7.11 Å². The number of esters is 1. The van der Waals surface area contributed by atoms with E-state index in [1.807, 2.05) is 0 Å². The molecule has 0 saturated heterocycles. The molecule has 2 aromatic rings. The second-order valence-corrected chi connectivity index (χ2v) is 6.66. The highest BCUT2D eigenvalue weighted by Crippen LogP contribution is 2.19. The first kappa shape index (κ1) is 20.7. The Labute approximate surface area is 162 Å². The topological polar surface area (TPSA) is 64.6 Å². The summed E-state index contributed by atoms with van der Waals surface area (Å²) < 4.78 is 23.8. The lowest BCUT2D eigenvalue weighted by atomic mass is 10.0. The van der Waals surface area contributed by atoms with Gasteiger partial charge in [-0.15, -0.1) is 0 Å². The number of benzene rings is 2. The number of rotatable bonds is 7. The molecule has 1 amide bonds. The fraction of sp³-hybridized carbons (Fsp3) is 0.300. The van der Waals surface area contributed by atoms with E-state index in [2.05, 4.69) is 5.32 Å². The summed E-state index contributed by atoms with van der Waals surface area (Å²) in [5.74, 6) is -1.72. The summed E-state index contributed by atoms with van der Waals surface area (Å²) in [5, 5.41) is 2.94. The van der Waals surface area contributed by atoms with Crippen LogP contribution in [0.3, 0.4) is 0 Å². The van der Waals surface area contributed by atoms with Gasteiger partial charge >= 0.3 is 5.97 Å². The number of hydrogen-bond donors (Lipinski definition) is 1. The van der Waals surface area contributed by atoms with Crippen molar-refractivity contribution in [3.8, 4) is 5.75 Å². The Hall–Kier alpha value is -2.60. The number of hydrogen-bond acceptors (Lipinski definition) is 4. The van der Waals surface area contributed by atoms with Gasteiger partial charge in [-0.2, -0.15) is 0 Å². The summed E-state index contributed by atoms with van der Waals surface area (Å²) in [4.78, 5) is 24.8. The van der Waals surface area contributed by atoms with E-state index in [9.17, 15) is 14.0 Å². The maximum atomic E-state index is 13.7. The highest BCUT2D eigenvalue weighted by Gasteiger charge is 2.27. The van der Waals surface area contributed by atoms with Crippen LogP contribution in [0.25, 0.3) is 0 Å². The third-order valence-corrected chi connectivity index (χ3v) is 4.25. The molecule has 144 valence electrons. The molecule has 27 heavy (non-hydrogen) atoms. The number of halogens is 2. The van der Waals surface area contributed by atoms with Crippen LogP contribution in [0.5, 0.6) is 5.75 Å². The molecule has 0 heterocycles. The number of methoxy groups -OCH3 is 1. The van der Waals surface area contributed by atoms with E-state index in [0.29, 0.717) is 10.6 Å². The fourth-order valence-corrected chi connectivity index (χ4v) is 2.63. The van der Waals surface area contributed by atoms with Crippen molar-refractivity contribution in [3.05, 3.63) is 64.4 Å². The summed E-state index contributed by atoms with van der Waals surface area (Å²) in [6.07, 6.45) is 0. The molecule has 0 fully saturated rings. The molecule has 0 radical (unpaired) electrons. The van der Waals surface area contributed by atoms with Crippen LogP contribution in [-0.4, -0.2) is 25.0 Å². The Kier molecular flexibility index (Phi) is 7.19. The standard InChI is InChI=1S/C20H21ClFNO4/c1-12(2)18(23-19(24)14-6-4-5-7-15(14)21)20(25)27-11-13-8-9-17(26-3)16(22)10-13/h4-10,12,18H,11H2,1-3H3,(H,23,24)/t18-/m0/s1. The van der Waals surface area contributed by atoms with Crippen LogP contribution in [0.2, 0.25) is 5.02 Å². The summed E-state index contributed by atoms with van der Waals surface area (Å²) in [7, 11) is 1.37. The molecule has 2 rings (SSSR count). The summed E-state index contributed by atoms with van der Waals surface area (Å²) >= 11 is 6.02. The maximum Gasteiger partial charge on any atom is 0.329 e. The summed E-state index contributed by atoms with van der Waals surface area (Å²) in [6, 6.07) is 9.98. The van der Waals surface area contributed by atoms with Gasteiger partial charge in [0, 0.05) is 0 Å². The Morgan fingerprint density at radius 2 is 1.89 bits per heavy atom. The Balaban J connectivity index is 2.03. The van der Waals surface area contributed by atoms with Gasteiger partial charge in [0.25, 0.3) is 5.91 Å². The van der Waals surface area contributed by atoms with Crippen molar-refractivity contribution in [2.45, 2.75) is 26.5 Å². The second-order valence-electron chi connectivity index (χ2n) is 6.25. The van der Waals surface area contributed by atoms with Crippen LogP contribution >= 0.6 is 11.6 Å². The van der Waals surface area contributed by atoms with Crippen LogP contribution in [-0.2, 0) is 16.1 Å². The van der Waals surface area contributed by atoms with Crippen molar-refractivity contribution in [1.82, 2.24) is 5.32 Å². The normalized spacial score (nSPS) is 11.8. The largest absolute Gasteiger partial charge is 0.494 e. The molecular weight excluding hydrogens is 373 g/mol. The van der Waals surface area contributed by atoms with E-state index in [1.54, 1.807) is 44.2 Å². The Bertz CT molecular complexity index is 825. The molecule has 0 spiro atoms. The van der Waals surface area contributed by atoms with Crippen LogP contribution < -0.4 is 10.1 Å². The molecular formula is C20H21ClFNO4. The summed E-state index contributed by atoms with van der Waals surface area (Å²) in [6.45, 7) is 3.45. The van der Waals surface area contributed by atoms with E-state index in [0.717, 1.165) is 0 Å². The minimum Gasteiger partial charge on any atom is -0.494 e. The molecule has 0 aliphatic rings. The number of nitrogens with one attached hydrogen (secondary N) is 1. The van der Waals surface area contributed by atoms with Gasteiger partial charge < -0.3 is 14.8 Å². The van der Waals surface area contributed by atoms with Crippen molar-refractivity contribution in [3.63, 3.8) is 0 Å². The third kappa shape index (κ3) is 5.44. The van der Waals surface area contributed by atoms with Crippen molar-refractivity contribution in [2.24, 2.45) is 5.92 Å². The fourth-order valence-electron chi connectivity index (χ4n) is 2.41. The number of carbonyl (C=O) groups is 2. The van der Waals surface area contributed by atoms with E-state index in [4.69, 9.17) is 21.1 Å². The van der Waals surface area contributed by atoms with Crippen LogP contribution in [0.1, 0.15) is 29.8 Å². The molecule has 0 bridgehead atoms. The molecule has 0 aromatic heterocycles. The van der Waals surface area contributed by atoms with Gasteiger partial charge in [-0.05, 0) is 35.7 Å². The average Bonchev–Trinajstić information content (AvgIpc) is 2.64. The first-order valence-electron chi connectivity index (χ1n) is 8.38. The van der Waals surface area contributed by atoms with Gasteiger partial charge in [0.2, 0.25) is 0 Å². The maximum absolute atomic E-state index is 13.7. The van der Waals surface area contributed by atoms with Crippen LogP contribution in [0.4, 0.5) is 4.39 Å². The van der Waals surface area contributed by atoms with Gasteiger partial charge in [-0.25, -0.2) is 9.18 Å². The zero-order chi connectivity index (χ0) is 20.0. The lowest BCUT2D eigenvalue weighted by molar-refractivity contribution is -0.148. The Morgan fingerprint density at radius 1 is 1.19 bits per heavy atom. The van der Waals surface area contributed by atoms with Gasteiger partial charge in [0.15, 0.2) is 11.6 Å². The number of amides is 1. The van der Waals surface area contributed by atoms with Crippen molar-refractivity contribution >= 4 is 23.5 Å². The zero-order valence-electron chi connectivity index (χ0n) is 15.3. The molecule has 0 unspecified atom stereocenters. The average molecular weight is 394 g/mol. The molecule has 5 nitrogen and oxygen atoms in total. The first-order valence-corrected chi connectivity index (χ1v) is 8.75. The second kappa shape index (κ2) is 9.37. The first-order chi connectivity index (χ1) is 12.8. The molecule has 7 heteroatoms. The van der Waals surface area contributed by atoms with Gasteiger partial charge in [-0.3, -0.25) is 4.79 Å². The smallest absolute Gasteiger partial charge is 0.329 e. The SMILES string of the molecule is COc1ccc(COC(=O)[C@@H](NC(=O)c2ccccc2Cl)C(C)C)cc1F. The predicted molar refractivity (Wildman–Crippen MR) is 100 cm³/mol. The van der Waals surface area contributed by atoms with Crippen molar-refractivity contribution < 1.29 is 23.5 Å². The van der Waals surface area contributed by atoms with E-state index < -0.39 is 23.7 Å². The third-order valence-electron chi connectivity index (χ3n) is 3.92. The van der Waals surface area contributed by atoms with Crippen LogP contribution in [0, 0.1) is 11.7 Å². The lowest BCUT2D eigenvalue weighted by Gasteiger charge is -2.21. The highest BCUT2D eigenvalue weighted by molar-refractivity contribution is 6.33. The molecule has 0 aliphatic carbocycles. The van der Waals surface area contributed by atoms with Crippen LogP contribution in [0.15, 0.2) is 42.5 Å². The monoisotopic (exact) mass is 393 g/mol. The minimum atomic E-state index is -0.864. The Morgan fingerprint density at radius 3 is 2.48 bits per heavy atom. The van der Waals surface area contributed by atoms with E-state index in [-0.39, 0.29) is 23.8 Å². The number of carbonyl (C=O) groups excluding carboxylic acids is 2. The predicted octanol–water partition coefficient (Wildman–Crippen LogP) is 3.99. The summed E-state index contributed by atoms with van der Waals surface area (Å²) in [5.41, 5.74) is 0.747. The van der Waals surface area contributed by atoms with Crippen molar-refractivity contribution in [1.29, 1.82) is 0 Å². The molecule has 2 aromatic carbocycles. The highest BCUT2D eigenvalue weighted by atomic mass is 35.5. The zero-order valence-corrected chi connectivity index (χ0v) is 16.0. The van der Waals surface area contributed by atoms with Gasteiger partial charge in [-0.1, -0.05) is 43.6 Å². The molecule has 1 N–H and O–H groups in total. The van der Waals surface area contributed by atoms with E-state index in [1.165, 1.54) is 19.2 Å². The molecule has 1 atom stereocenters. The number of ether oxygens (including phenoxy) is 2. The quantitative estimate of drug-likeness (QED) is 0.722. The van der Waals surface area contributed by atoms with Gasteiger partial charge in [0.1, 0.15) is 12.6 Å². The lowest BCUT2D eigenvalue weighted by Crippen LogP contribution is -2.45.